The monoisotopic (exact) mass is 252 g/mol. The van der Waals surface area contributed by atoms with E-state index in [4.69, 9.17) is 9.52 Å². The van der Waals surface area contributed by atoms with Crippen LogP contribution in [0.2, 0.25) is 0 Å². The van der Waals surface area contributed by atoms with Crippen molar-refractivity contribution in [1.82, 2.24) is 9.80 Å². The fourth-order valence-corrected chi connectivity index (χ4v) is 2.19. The van der Waals surface area contributed by atoms with Crippen LogP contribution in [-0.4, -0.2) is 53.6 Å². The van der Waals surface area contributed by atoms with Crippen molar-refractivity contribution in [2.24, 2.45) is 0 Å². The summed E-state index contributed by atoms with van der Waals surface area (Å²) >= 11 is 0. The highest BCUT2D eigenvalue weighted by Gasteiger charge is 2.18. The molecule has 5 nitrogen and oxygen atoms in total. The summed E-state index contributed by atoms with van der Waals surface area (Å²) in [5.74, 6) is 0.317. The number of carboxylic acids is 1. The predicted molar refractivity (Wildman–Crippen MR) is 67.4 cm³/mol. The molecule has 0 radical (unpaired) electrons. The zero-order valence-electron chi connectivity index (χ0n) is 10.8. The lowest BCUT2D eigenvalue weighted by Gasteiger charge is -2.34. The van der Waals surface area contributed by atoms with Crippen molar-refractivity contribution in [3.63, 3.8) is 0 Å². The standard InChI is InChI=1S/C13H20N2O3/c1-11-3-9-18-12(11)10-15-7-5-14(6-8-15)4-2-13(16)17/h3,9H,2,4-8,10H2,1H3,(H,16,17). The van der Waals surface area contributed by atoms with Gasteiger partial charge in [0.1, 0.15) is 5.76 Å². The highest BCUT2D eigenvalue weighted by Crippen LogP contribution is 2.13. The molecule has 1 aromatic heterocycles. The summed E-state index contributed by atoms with van der Waals surface area (Å²) in [6.45, 7) is 7.39. The van der Waals surface area contributed by atoms with Crippen LogP contribution in [0.25, 0.3) is 0 Å². The Morgan fingerprint density at radius 1 is 1.33 bits per heavy atom. The molecule has 0 spiro atoms. The molecule has 1 aromatic rings. The number of furan rings is 1. The van der Waals surface area contributed by atoms with Crippen LogP contribution in [0.4, 0.5) is 0 Å². The molecule has 0 saturated carbocycles. The summed E-state index contributed by atoms with van der Waals surface area (Å²) < 4.78 is 5.44. The highest BCUT2D eigenvalue weighted by molar-refractivity contribution is 5.66. The quantitative estimate of drug-likeness (QED) is 0.852. The van der Waals surface area contributed by atoms with Crippen LogP contribution in [0.15, 0.2) is 16.7 Å². The lowest BCUT2D eigenvalue weighted by molar-refractivity contribution is -0.137. The van der Waals surface area contributed by atoms with E-state index in [0.717, 1.165) is 38.5 Å². The molecule has 1 aliphatic heterocycles. The summed E-state index contributed by atoms with van der Waals surface area (Å²) in [4.78, 5) is 15.1. The summed E-state index contributed by atoms with van der Waals surface area (Å²) in [6, 6.07) is 1.98. The van der Waals surface area contributed by atoms with Gasteiger partial charge >= 0.3 is 5.97 Å². The number of piperazine rings is 1. The molecule has 0 amide bonds. The second-order valence-corrected chi connectivity index (χ2v) is 4.79. The van der Waals surface area contributed by atoms with Gasteiger partial charge in [-0.1, -0.05) is 0 Å². The molecular weight excluding hydrogens is 232 g/mol. The normalized spacial score (nSPS) is 18.1. The van der Waals surface area contributed by atoms with Crippen LogP contribution >= 0.6 is 0 Å². The molecule has 0 unspecified atom stereocenters. The van der Waals surface area contributed by atoms with Gasteiger partial charge < -0.3 is 14.4 Å². The molecule has 0 aromatic carbocycles. The van der Waals surface area contributed by atoms with E-state index >= 15 is 0 Å². The number of hydrogen-bond acceptors (Lipinski definition) is 4. The molecule has 0 aliphatic carbocycles. The number of carboxylic acid groups (broad SMARTS) is 1. The number of carbonyl (C=O) groups is 1. The zero-order chi connectivity index (χ0) is 13.0. The smallest absolute Gasteiger partial charge is 0.304 e. The fourth-order valence-electron chi connectivity index (χ4n) is 2.19. The number of rotatable bonds is 5. The Morgan fingerprint density at radius 2 is 2.00 bits per heavy atom. The number of nitrogens with zero attached hydrogens (tertiary/aromatic N) is 2. The minimum atomic E-state index is -0.719. The van der Waals surface area contributed by atoms with E-state index in [-0.39, 0.29) is 6.42 Å². The molecule has 1 saturated heterocycles. The SMILES string of the molecule is Cc1ccoc1CN1CCN(CCC(=O)O)CC1. The number of aliphatic carboxylic acids is 1. The first-order valence-electron chi connectivity index (χ1n) is 6.34. The molecule has 1 N–H and O–H groups in total. The zero-order valence-corrected chi connectivity index (χ0v) is 10.8. The number of aryl methyl sites for hydroxylation is 1. The van der Waals surface area contributed by atoms with Crippen LogP contribution in [0.3, 0.4) is 0 Å². The second-order valence-electron chi connectivity index (χ2n) is 4.79. The van der Waals surface area contributed by atoms with Crippen molar-refractivity contribution in [3.05, 3.63) is 23.7 Å². The maximum absolute atomic E-state index is 10.5. The first-order chi connectivity index (χ1) is 8.65. The van der Waals surface area contributed by atoms with Crippen LogP contribution in [0, 0.1) is 6.92 Å². The van der Waals surface area contributed by atoms with Gasteiger partial charge in [0.05, 0.1) is 19.2 Å². The maximum atomic E-state index is 10.5. The molecule has 0 bridgehead atoms. The van der Waals surface area contributed by atoms with Crippen LogP contribution in [-0.2, 0) is 11.3 Å². The molecule has 1 fully saturated rings. The Labute approximate surface area is 107 Å². The largest absolute Gasteiger partial charge is 0.481 e. The molecule has 5 heteroatoms. The average molecular weight is 252 g/mol. The van der Waals surface area contributed by atoms with Gasteiger partial charge in [-0.15, -0.1) is 0 Å². The van der Waals surface area contributed by atoms with Crippen molar-refractivity contribution in [2.75, 3.05) is 32.7 Å². The van der Waals surface area contributed by atoms with E-state index in [9.17, 15) is 4.79 Å². The van der Waals surface area contributed by atoms with Gasteiger partial charge in [0.25, 0.3) is 0 Å². The van der Waals surface area contributed by atoms with Gasteiger partial charge in [-0.2, -0.15) is 0 Å². The minimum absolute atomic E-state index is 0.233. The minimum Gasteiger partial charge on any atom is -0.481 e. The van der Waals surface area contributed by atoms with Gasteiger partial charge in [0.15, 0.2) is 0 Å². The molecule has 0 atom stereocenters. The Kier molecular flexibility index (Phi) is 4.38. The Balaban J connectivity index is 1.73. The van der Waals surface area contributed by atoms with Gasteiger partial charge in [0, 0.05) is 32.7 Å². The predicted octanol–water partition coefficient (Wildman–Crippen LogP) is 1.18. The summed E-state index contributed by atoms with van der Waals surface area (Å²) in [5.41, 5.74) is 1.20. The van der Waals surface area contributed by atoms with Gasteiger partial charge in [0.2, 0.25) is 0 Å². The van der Waals surface area contributed by atoms with Crippen LogP contribution < -0.4 is 0 Å². The van der Waals surface area contributed by atoms with Crippen LogP contribution in [0.1, 0.15) is 17.7 Å². The maximum Gasteiger partial charge on any atom is 0.304 e. The van der Waals surface area contributed by atoms with Crippen LogP contribution in [0.5, 0.6) is 0 Å². The van der Waals surface area contributed by atoms with Crippen molar-refractivity contribution in [1.29, 1.82) is 0 Å². The first kappa shape index (κ1) is 13.1. The van der Waals surface area contributed by atoms with E-state index in [1.165, 1.54) is 5.56 Å². The van der Waals surface area contributed by atoms with Crippen molar-refractivity contribution >= 4 is 5.97 Å². The van der Waals surface area contributed by atoms with E-state index < -0.39 is 5.97 Å². The third-order valence-corrected chi connectivity index (χ3v) is 3.44. The Bertz CT molecular complexity index is 395. The Morgan fingerprint density at radius 3 is 2.56 bits per heavy atom. The molecular formula is C13H20N2O3. The third kappa shape index (κ3) is 3.58. The lowest BCUT2D eigenvalue weighted by Crippen LogP contribution is -2.46. The van der Waals surface area contributed by atoms with E-state index in [1.54, 1.807) is 6.26 Å². The molecule has 1 aliphatic rings. The Hall–Kier alpha value is -1.33. The van der Waals surface area contributed by atoms with Gasteiger partial charge in [-0.05, 0) is 18.6 Å². The third-order valence-electron chi connectivity index (χ3n) is 3.44. The first-order valence-corrected chi connectivity index (χ1v) is 6.34. The molecule has 2 rings (SSSR count). The van der Waals surface area contributed by atoms with Crippen molar-refractivity contribution < 1.29 is 14.3 Å². The molecule has 18 heavy (non-hydrogen) atoms. The van der Waals surface area contributed by atoms with Gasteiger partial charge in [-0.25, -0.2) is 0 Å². The highest BCUT2D eigenvalue weighted by atomic mass is 16.4. The summed E-state index contributed by atoms with van der Waals surface area (Å²) in [7, 11) is 0. The summed E-state index contributed by atoms with van der Waals surface area (Å²) in [5, 5.41) is 8.65. The topological polar surface area (TPSA) is 56.9 Å². The lowest BCUT2D eigenvalue weighted by atomic mass is 10.2. The second kappa shape index (κ2) is 6.02. The van der Waals surface area contributed by atoms with E-state index in [1.807, 2.05) is 6.07 Å². The fraction of sp³-hybridized carbons (Fsp3) is 0.615. The summed E-state index contributed by atoms with van der Waals surface area (Å²) in [6.07, 6.45) is 1.96. The van der Waals surface area contributed by atoms with Crippen molar-refractivity contribution in [2.45, 2.75) is 19.9 Å². The average Bonchev–Trinajstić information content (AvgIpc) is 2.74. The van der Waals surface area contributed by atoms with E-state index in [2.05, 4.69) is 16.7 Å². The molecule has 2 heterocycles. The van der Waals surface area contributed by atoms with E-state index in [0.29, 0.717) is 6.54 Å². The van der Waals surface area contributed by atoms with Crippen molar-refractivity contribution in [3.8, 4) is 0 Å². The molecule has 100 valence electrons. The number of hydrogen-bond donors (Lipinski definition) is 1. The van der Waals surface area contributed by atoms with Gasteiger partial charge in [-0.3, -0.25) is 9.69 Å².